The summed E-state index contributed by atoms with van der Waals surface area (Å²) in [5.74, 6) is -0.418. The van der Waals surface area contributed by atoms with E-state index in [4.69, 9.17) is 16.1 Å². The van der Waals surface area contributed by atoms with Gasteiger partial charge in [-0.15, -0.1) is 0 Å². The van der Waals surface area contributed by atoms with Crippen LogP contribution in [0.5, 0.6) is 5.75 Å². The molecule has 0 unspecified atom stereocenters. The Morgan fingerprint density at radius 3 is 2.79 bits per heavy atom. The van der Waals surface area contributed by atoms with E-state index in [1.165, 1.54) is 18.2 Å². The van der Waals surface area contributed by atoms with Gasteiger partial charge in [0, 0.05) is 22.7 Å². The molecule has 0 aliphatic rings. The molecule has 0 saturated carbocycles. The van der Waals surface area contributed by atoms with Gasteiger partial charge in [-0.25, -0.2) is 0 Å². The van der Waals surface area contributed by atoms with E-state index < -0.39 is 5.91 Å². The molecule has 2 aromatic carbocycles. The van der Waals surface area contributed by atoms with Gasteiger partial charge < -0.3 is 20.3 Å². The summed E-state index contributed by atoms with van der Waals surface area (Å²) < 4.78 is 5.13. The molecule has 9 heteroatoms. The van der Waals surface area contributed by atoms with Crippen LogP contribution < -0.4 is 10.6 Å². The Balaban J connectivity index is 1.67. The van der Waals surface area contributed by atoms with E-state index in [-0.39, 0.29) is 29.7 Å². The van der Waals surface area contributed by atoms with Crippen molar-refractivity contribution in [2.24, 2.45) is 0 Å². The van der Waals surface area contributed by atoms with Crippen LogP contribution in [0.25, 0.3) is 11.4 Å². The maximum atomic E-state index is 12.4. The molecule has 0 aliphatic carbocycles. The lowest BCUT2D eigenvalue weighted by atomic mass is 10.1. The van der Waals surface area contributed by atoms with Crippen LogP contribution in [-0.4, -0.2) is 27.1 Å². The molecule has 8 nitrogen and oxygen atoms in total. The van der Waals surface area contributed by atoms with Gasteiger partial charge in [0.05, 0.1) is 12.1 Å². The monoisotopic (exact) mass is 400 g/mol. The third kappa shape index (κ3) is 4.66. The van der Waals surface area contributed by atoms with Gasteiger partial charge in [-0.1, -0.05) is 35.8 Å². The highest BCUT2D eigenvalue weighted by Crippen LogP contribution is 2.22. The van der Waals surface area contributed by atoms with Gasteiger partial charge in [0.1, 0.15) is 5.75 Å². The molecule has 0 fully saturated rings. The van der Waals surface area contributed by atoms with Crippen molar-refractivity contribution in [3.63, 3.8) is 0 Å². The Labute approximate surface area is 165 Å². The van der Waals surface area contributed by atoms with Gasteiger partial charge in [0.25, 0.3) is 5.91 Å². The largest absolute Gasteiger partial charge is 0.507 e. The lowest BCUT2D eigenvalue weighted by molar-refractivity contribution is -0.115. The zero-order chi connectivity index (χ0) is 20.1. The van der Waals surface area contributed by atoms with E-state index in [0.717, 1.165) is 0 Å². The van der Waals surface area contributed by atoms with E-state index in [1.807, 2.05) is 0 Å². The van der Waals surface area contributed by atoms with Crippen LogP contribution in [0, 0.1) is 0 Å². The van der Waals surface area contributed by atoms with Crippen molar-refractivity contribution in [1.29, 1.82) is 0 Å². The number of anilines is 1. The predicted molar refractivity (Wildman–Crippen MR) is 103 cm³/mol. The summed E-state index contributed by atoms with van der Waals surface area (Å²) in [6.07, 6.45) is 0.300. The van der Waals surface area contributed by atoms with Crippen LogP contribution >= 0.6 is 11.6 Å². The highest BCUT2D eigenvalue weighted by Gasteiger charge is 2.15. The third-order valence-corrected chi connectivity index (χ3v) is 4.03. The number of rotatable bonds is 6. The number of hydrogen-bond acceptors (Lipinski definition) is 6. The fourth-order valence-electron chi connectivity index (χ4n) is 2.37. The molecule has 0 atom stereocenters. The molecule has 1 aromatic heterocycles. The molecule has 0 saturated heterocycles. The zero-order valence-electron chi connectivity index (χ0n) is 14.9. The first-order chi connectivity index (χ1) is 13.5. The molecule has 3 aromatic rings. The second kappa shape index (κ2) is 8.53. The minimum atomic E-state index is -0.549. The smallest absolute Gasteiger partial charge is 0.255 e. The molecular weight excluding hydrogens is 384 g/mol. The Morgan fingerprint density at radius 1 is 1.21 bits per heavy atom. The van der Waals surface area contributed by atoms with E-state index in [9.17, 15) is 14.7 Å². The maximum absolute atomic E-state index is 12.4. The second-order valence-electron chi connectivity index (χ2n) is 5.84. The fraction of sp³-hybridized carbons (Fsp3) is 0.158. The topological polar surface area (TPSA) is 117 Å². The number of hydrogen-bond donors (Lipinski definition) is 3. The van der Waals surface area contributed by atoms with Crippen LogP contribution in [0.1, 0.15) is 29.6 Å². The van der Waals surface area contributed by atoms with E-state index >= 15 is 0 Å². The minimum Gasteiger partial charge on any atom is -0.507 e. The molecule has 144 valence electrons. The lowest BCUT2D eigenvalue weighted by Crippen LogP contribution is -2.23. The molecule has 0 bridgehead atoms. The number of halogens is 1. The summed E-state index contributed by atoms with van der Waals surface area (Å²) in [5.41, 5.74) is 1.12. The summed E-state index contributed by atoms with van der Waals surface area (Å²) in [6.45, 7) is 1.68. The standard InChI is InChI=1S/C19H17ClN4O4/c1-2-16(26)22-13-6-7-15(25)14(9-13)19(27)21-10-17-23-18(24-28-17)11-4-3-5-12(20)8-11/h3-9,25H,2,10H2,1H3,(H,21,27)(H,22,26). The molecule has 0 spiro atoms. The lowest BCUT2D eigenvalue weighted by Gasteiger charge is -2.08. The number of aromatic nitrogens is 2. The van der Waals surface area contributed by atoms with Crippen molar-refractivity contribution in [3.8, 4) is 17.1 Å². The van der Waals surface area contributed by atoms with Gasteiger partial charge in [-0.2, -0.15) is 4.98 Å². The highest BCUT2D eigenvalue weighted by molar-refractivity contribution is 6.30. The fourth-order valence-corrected chi connectivity index (χ4v) is 2.56. The summed E-state index contributed by atoms with van der Waals surface area (Å²) in [7, 11) is 0. The number of carbonyl (C=O) groups is 2. The summed E-state index contributed by atoms with van der Waals surface area (Å²) >= 11 is 5.95. The van der Waals surface area contributed by atoms with Crippen LogP contribution in [0.2, 0.25) is 5.02 Å². The van der Waals surface area contributed by atoms with Crippen LogP contribution in [-0.2, 0) is 11.3 Å². The van der Waals surface area contributed by atoms with Crippen molar-refractivity contribution < 1.29 is 19.2 Å². The van der Waals surface area contributed by atoms with Crippen LogP contribution in [0.3, 0.4) is 0 Å². The van der Waals surface area contributed by atoms with Crippen LogP contribution in [0.15, 0.2) is 47.0 Å². The summed E-state index contributed by atoms with van der Waals surface area (Å²) in [6, 6.07) is 11.2. The molecule has 3 rings (SSSR count). The minimum absolute atomic E-state index is 0.0171. The normalized spacial score (nSPS) is 10.5. The number of nitrogens with zero attached hydrogens (tertiary/aromatic N) is 2. The highest BCUT2D eigenvalue weighted by atomic mass is 35.5. The van der Waals surface area contributed by atoms with Gasteiger partial charge in [0.15, 0.2) is 0 Å². The van der Waals surface area contributed by atoms with E-state index in [1.54, 1.807) is 31.2 Å². The van der Waals surface area contributed by atoms with Crippen molar-refractivity contribution in [3.05, 3.63) is 58.9 Å². The average molecular weight is 401 g/mol. The molecule has 28 heavy (non-hydrogen) atoms. The van der Waals surface area contributed by atoms with Crippen molar-refractivity contribution in [1.82, 2.24) is 15.5 Å². The third-order valence-electron chi connectivity index (χ3n) is 3.80. The molecule has 0 radical (unpaired) electrons. The van der Waals surface area contributed by atoms with Crippen molar-refractivity contribution in [2.75, 3.05) is 5.32 Å². The Morgan fingerprint density at radius 2 is 2.04 bits per heavy atom. The van der Waals surface area contributed by atoms with Crippen LogP contribution in [0.4, 0.5) is 5.69 Å². The number of aromatic hydroxyl groups is 1. The van der Waals surface area contributed by atoms with E-state index in [2.05, 4.69) is 20.8 Å². The Hall–Kier alpha value is -3.39. The predicted octanol–water partition coefficient (Wildman–Crippen LogP) is 3.37. The summed E-state index contributed by atoms with van der Waals surface area (Å²) in [5, 5.41) is 19.6. The Bertz CT molecular complexity index is 1020. The number of phenolic OH excluding ortho intramolecular Hbond substituents is 1. The molecular formula is C19H17ClN4O4. The first-order valence-electron chi connectivity index (χ1n) is 8.46. The average Bonchev–Trinajstić information content (AvgIpc) is 3.16. The first-order valence-corrected chi connectivity index (χ1v) is 8.83. The number of benzene rings is 2. The van der Waals surface area contributed by atoms with Crippen molar-refractivity contribution >= 4 is 29.1 Å². The quantitative estimate of drug-likeness (QED) is 0.546. The first kappa shape index (κ1) is 19.4. The molecule has 3 N–H and O–H groups in total. The molecule has 2 amide bonds. The Kier molecular flexibility index (Phi) is 5.90. The molecule has 0 aliphatic heterocycles. The van der Waals surface area contributed by atoms with Gasteiger partial charge in [0.2, 0.25) is 17.6 Å². The van der Waals surface area contributed by atoms with Crippen molar-refractivity contribution in [2.45, 2.75) is 19.9 Å². The second-order valence-corrected chi connectivity index (χ2v) is 6.27. The zero-order valence-corrected chi connectivity index (χ0v) is 15.7. The summed E-state index contributed by atoms with van der Waals surface area (Å²) in [4.78, 5) is 28.1. The van der Waals surface area contributed by atoms with Gasteiger partial charge in [-0.05, 0) is 30.3 Å². The SMILES string of the molecule is CCC(=O)Nc1ccc(O)c(C(=O)NCc2nc(-c3cccc(Cl)c3)no2)c1. The number of phenols is 1. The van der Waals surface area contributed by atoms with Gasteiger partial charge >= 0.3 is 0 Å². The number of nitrogens with one attached hydrogen (secondary N) is 2. The van der Waals surface area contributed by atoms with Gasteiger partial charge in [-0.3, -0.25) is 9.59 Å². The number of amides is 2. The molecule has 1 heterocycles. The number of carbonyl (C=O) groups excluding carboxylic acids is 2. The maximum Gasteiger partial charge on any atom is 0.255 e. The van der Waals surface area contributed by atoms with E-state index in [0.29, 0.717) is 28.5 Å².